The van der Waals surface area contributed by atoms with Gasteiger partial charge in [-0.15, -0.1) is 23.1 Å². The van der Waals surface area contributed by atoms with Crippen molar-refractivity contribution in [3.63, 3.8) is 0 Å². The molecule has 1 unspecified atom stereocenters. The Morgan fingerprint density at radius 3 is 3.22 bits per heavy atom. The molecule has 1 aromatic heterocycles. The lowest BCUT2D eigenvalue weighted by Crippen LogP contribution is -2.14. The summed E-state index contributed by atoms with van der Waals surface area (Å²) in [5.74, 6) is 1.87. The van der Waals surface area contributed by atoms with Crippen LogP contribution in [0.25, 0.3) is 0 Å². The molecule has 18 heavy (non-hydrogen) atoms. The summed E-state index contributed by atoms with van der Waals surface area (Å²) in [4.78, 5) is 5.76. The molecule has 1 aromatic carbocycles. The SMILES string of the molecule is COCc1csc(C2CSc3ccccc3O2)n1. The van der Waals surface area contributed by atoms with Crippen molar-refractivity contribution in [3.05, 3.63) is 40.3 Å². The van der Waals surface area contributed by atoms with Gasteiger partial charge in [-0.25, -0.2) is 4.98 Å². The maximum Gasteiger partial charge on any atom is 0.159 e. The molecule has 0 saturated heterocycles. The van der Waals surface area contributed by atoms with Crippen LogP contribution in [0.1, 0.15) is 16.8 Å². The number of thiazole rings is 1. The molecule has 1 atom stereocenters. The van der Waals surface area contributed by atoms with Gasteiger partial charge in [0.25, 0.3) is 0 Å². The van der Waals surface area contributed by atoms with Crippen LogP contribution in [0.4, 0.5) is 0 Å². The number of para-hydroxylation sites is 1. The maximum atomic E-state index is 6.00. The molecule has 0 aliphatic carbocycles. The van der Waals surface area contributed by atoms with Crippen molar-refractivity contribution >= 4 is 23.1 Å². The molecular formula is C13H13NO2S2. The Balaban J connectivity index is 1.78. The third-order valence-electron chi connectivity index (χ3n) is 2.65. The summed E-state index contributed by atoms with van der Waals surface area (Å²) in [6.07, 6.45) is 0.0560. The smallest absolute Gasteiger partial charge is 0.159 e. The standard InChI is InChI=1S/C13H13NO2S2/c1-15-6-9-7-18-13(14-9)11-8-17-12-5-3-2-4-10(12)16-11/h2-5,7,11H,6,8H2,1H3. The first kappa shape index (κ1) is 12.0. The number of hydrogen-bond acceptors (Lipinski definition) is 5. The van der Waals surface area contributed by atoms with Gasteiger partial charge in [-0.2, -0.15) is 0 Å². The zero-order chi connectivity index (χ0) is 12.4. The van der Waals surface area contributed by atoms with Crippen LogP contribution < -0.4 is 4.74 Å². The number of fused-ring (bicyclic) bond motifs is 1. The fourth-order valence-corrected chi connectivity index (χ4v) is 3.75. The highest BCUT2D eigenvalue weighted by atomic mass is 32.2. The van der Waals surface area contributed by atoms with E-state index in [9.17, 15) is 0 Å². The molecule has 0 saturated carbocycles. The molecule has 0 radical (unpaired) electrons. The molecular weight excluding hydrogens is 266 g/mol. The third kappa shape index (κ3) is 2.39. The number of nitrogens with zero attached hydrogens (tertiary/aromatic N) is 1. The molecule has 0 N–H and O–H groups in total. The van der Waals surface area contributed by atoms with Crippen LogP contribution in [0, 0.1) is 0 Å². The summed E-state index contributed by atoms with van der Waals surface area (Å²) in [5.41, 5.74) is 0.977. The van der Waals surface area contributed by atoms with Gasteiger partial charge in [0, 0.05) is 23.1 Å². The summed E-state index contributed by atoms with van der Waals surface area (Å²) in [7, 11) is 1.68. The first-order valence-corrected chi connectivity index (χ1v) is 7.55. The monoisotopic (exact) mass is 279 g/mol. The quantitative estimate of drug-likeness (QED) is 0.860. The molecule has 1 aliphatic rings. The molecule has 3 rings (SSSR count). The summed E-state index contributed by atoms with van der Waals surface area (Å²) < 4.78 is 11.1. The van der Waals surface area contributed by atoms with Gasteiger partial charge in [0.15, 0.2) is 6.10 Å². The Hall–Kier alpha value is -1.04. The second-order valence-corrected chi connectivity index (χ2v) is 5.93. The molecule has 0 spiro atoms. The molecule has 0 fully saturated rings. The zero-order valence-corrected chi connectivity index (χ0v) is 11.6. The lowest BCUT2D eigenvalue weighted by Gasteiger charge is -2.23. The van der Waals surface area contributed by atoms with Crippen LogP contribution in [0.15, 0.2) is 34.5 Å². The molecule has 5 heteroatoms. The lowest BCUT2D eigenvalue weighted by molar-refractivity contribution is 0.180. The molecule has 0 amide bonds. The highest BCUT2D eigenvalue weighted by Gasteiger charge is 2.24. The van der Waals surface area contributed by atoms with E-state index in [4.69, 9.17) is 9.47 Å². The first-order chi connectivity index (χ1) is 8.86. The highest BCUT2D eigenvalue weighted by Crippen LogP contribution is 2.40. The van der Waals surface area contributed by atoms with Crippen LogP contribution in [-0.2, 0) is 11.3 Å². The van der Waals surface area contributed by atoms with Crippen molar-refractivity contribution in [3.8, 4) is 5.75 Å². The topological polar surface area (TPSA) is 31.4 Å². The predicted octanol–water partition coefficient (Wildman–Crippen LogP) is 3.52. The first-order valence-electron chi connectivity index (χ1n) is 5.68. The van der Waals surface area contributed by atoms with Gasteiger partial charge in [0.2, 0.25) is 0 Å². The minimum absolute atomic E-state index is 0.0560. The van der Waals surface area contributed by atoms with E-state index in [1.807, 2.05) is 35.3 Å². The minimum Gasteiger partial charge on any atom is -0.481 e. The molecule has 2 heterocycles. The van der Waals surface area contributed by atoms with Gasteiger partial charge in [-0.1, -0.05) is 12.1 Å². The van der Waals surface area contributed by atoms with Crippen molar-refractivity contribution in [2.45, 2.75) is 17.6 Å². The van der Waals surface area contributed by atoms with Crippen molar-refractivity contribution in [1.82, 2.24) is 4.98 Å². The maximum absolute atomic E-state index is 6.00. The van der Waals surface area contributed by atoms with E-state index < -0.39 is 0 Å². The van der Waals surface area contributed by atoms with Gasteiger partial charge in [0.05, 0.1) is 12.3 Å². The van der Waals surface area contributed by atoms with Crippen molar-refractivity contribution < 1.29 is 9.47 Å². The van der Waals surface area contributed by atoms with Crippen molar-refractivity contribution in [1.29, 1.82) is 0 Å². The molecule has 1 aliphatic heterocycles. The Morgan fingerprint density at radius 2 is 2.33 bits per heavy atom. The number of benzene rings is 1. The summed E-state index contributed by atoms with van der Waals surface area (Å²) in [5, 5.41) is 3.07. The number of aromatic nitrogens is 1. The van der Waals surface area contributed by atoms with Crippen molar-refractivity contribution in [2.75, 3.05) is 12.9 Å². The fourth-order valence-electron chi connectivity index (χ4n) is 1.83. The van der Waals surface area contributed by atoms with Gasteiger partial charge < -0.3 is 9.47 Å². The zero-order valence-electron chi connectivity index (χ0n) is 9.96. The Morgan fingerprint density at radius 1 is 1.44 bits per heavy atom. The fraction of sp³-hybridized carbons (Fsp3) is 0.308. The van der Waals surface area contributed by atoms with E-state index in [1.54, 1.807) is 18.4 Å². The number of hydrogen-bond donors (Lipinski definition) is 0. The van der Waals surface area contributed by atoms with Gasteiger partial charge in [-0.3, -0.25) is 0 Å². The van der Waals surface area contributed by atoms with E-state index >= 15 is 0 Å². The highest BCUT2D eigenvalue weighted by molar-refractivity contribution is 7.99. The Kier molecular flexibility index (Phi) is 3.54. The molecule has 0 bridgehead atoms. The number of ether oxygens (including phenoxy) is 2. The van der Waals surface area contributed by atoms with Gasteiger partial charge in [-0.05, 0) is 12.1 Å². The predicted molar refractivity (Wildman–Crippen MR) is 73.4 cm³/mol. The average molecular weight is 279 g/mol. The third-order valence-corrected chi connectivity index (χ3v) is 4.75. The van der Waals surface area contributed by atoms with Crippen LogP contribution in [0.3, 0.4) is 0 Å². The lowest BCUT2D eigenvalue weighted by atomic mass is 10.3. The van der Waals surface area contributed by atoms with Crippen LogP contribution in [-0.4, -0.2) is 17.8 Å². The van der Waals surface area contributed by atoms with Crippen LogP contribution in [0.2, 0.25) is 0 Å². The molecule has 94 valence electrons. The van der Waals surface area contributed by atoms with E-state index in [-0.39, 0.29) is 6.10 Å². The summed E-state index contributed by atoms with van der Waals surface area (Å²) in [6, 6.07) is 8.14. The van der Waals surface area contributed by atoms with E-state index in [0.29, 0.717) is 6.61 Å². The Bertz CT molecular complexity index is 541. The van der Waals surface area contributed by atoms with Gasteiger partial charge >= 0.3 is 0 Å². The average Bonchev–Trinajstić information content (AvgIpc) is 2.87. The second-order valence-electron chi connectivity index (χ2n) is 3.97. The minimum atomic E-state index is 0.0560. The van der Waals surface area contributed by atoms with Crippen molar-refractivity contribution in [2.24, 2.45) is 0 Å². The number of rotatable bonds is 3. The van der Waals surface area contributed by atoms with E-state index in [2.05, 4.69) is 11.1 Å². The van der Waals surface area contributed by atoms with Gasteiger partial charge in [0.1, 0.15) is 10.8 Å². The summed E-state index contributed by atoms with van der Waals surface area (Å²) >= 11 is 3.47. The number of thioether (sulfide) groups is 1. The second kappa shape index (κ2) is 5.30. The largest absolute Gasteiger partial charge is 0.481 e. The molecule has 3 nitrogen and oxygen atoms in total. The molecule has 2 aromatic rings. The van der Waals surface area contributed by atoms with E-state index in [0.717, 1.165) is 22.2 Å². The van der Waals surface area contributed by atoms with Crippen LogP contribution in [0.5, 0.6) is 5.75 Å². The summed E-state index contributed by atoms with van der Waals surface area (Å²) in [6.45, 7) is 0.562. The normalized spacial score (nSPS) is 18.2. The Labute approximate surface area is 114 Å². The number of methoxy groups -OCH3 is 1. The van der Waals surface area contributed by atoms with E-state index in [1.165, 1.54) is 4.90 Å². The van der Waals surface area contributed by atoms with Crippen LogP contribution >= 0.6 is 23.1 Å².